The molecule has 2 N–H and O–H groups in total. The molecular formula is C20H19ClN4O6. The smallest absolute Gasteiger partial charge is 0.325 e. The standard InChI is InChI=1S/C20H19ClN4O6/c1-3-20(12-4-6-13(21)7-5-12)18(27)24(19(28)23-20)11-17(26)22-15-10-14(25(29)30)8-9-16(15)31-2/h4-10H,3,11H2,1-2H3,(H,22,26)(H,23,28)/t20-/m1/s1. The number of imide groups is 1. The van der Waals surface area contributed by atoms with Crippen LogP contribution in [0.2, 0.25) is 5.02 Å². The van der Waals surface area contributed by atoms with Gasteiger partial charge in [0.2, 0.25) is 5.91 Å². The number of rotatable bonds is 7. The molecule has 1 fully saturated rings. The van der Waals surface area contributed by atoms with Crippen molar-refractivity contribution in [1.82, 2.24) is 10.2 Å². The zero-order valence-electron chi connectivity index (χ0n) is 16.7. The summed E-state index contributed by atoms with van der Waals surface area (Å²) in [6.07, 6.45) is 0.260. The van der Waals surface area contributed by atoms with E-state index in [1.807, 2.05) is 0 Å². The summed E-state index contributed by atoms with van der Waals surface area (Å²) in [6, 6.07) is 9.48. The zero-order valence-corrected chi connectivity index (χ0v) is 17.4. The Hall–Kier alpha value is -3.66. The van der Waals surface area contributed by atoms with E-state index in [0.717, 1.165) is 11.0 Å². The number of amides is 4. The Labute approximate surface area is 182 Å². The van der Waals surface area contributed by atoms with Gasteiger partial charge >= 0.3 is 6.03 Å². The second-order valence-electron chi connectivity index (χ2n) is 6.78. The first-order chi connectivity index (χ1) is 14.7. The van der Waals surface area contributed by atoms with Crippen LogP contribution in [-0.4, -0.2) is 41.3 Å². The Morgan fingerprint density at radius 3 is 2.52 bits per heavy atom. The Morgan fingerprint density at radius 2 is 1.94 bits per heavy atom. The molecule has 0 saturated carbocycles. The minimum absolute atomic E-state index is 0.0493. The molecular weight excluding hydrogens is 428 g/mol. The van der Waals surface area contributed by atoms with E-state index in [0.29, 0.717) is 10.6 Å². The number of anilines is 1. The molecule has 2 aromatic carbocycles. The molecule has 0 spiro atoms. The summed E-state index contributed by atoms with van der Waals surface area (Å²) in [5.74, 6) is -1.10. The van der Waals surface area contributed by atoms with Crippen molar-refractivity contribution in [3.63, 3.8) is 0 Å². The van der Waals surface area contributed by atoms with Gasteiger partial charge in [-0.1, -0.05) is 30.7 Å². The molecule has 162 valence electrons. The van der Waals surface area contributed by atoms with E-state index >= 15 is 0 Å². The highest BCUT2D eigenvalue weighted by molar-refractivity contribution is 6.30. The lowest BCUT2D eigenvalue weighted by atomic mass is 9.87. The van der Waals surface area contributed by atoms with Gasteiger partial charge in [0.25, 0.3) is 11.6 Å². The molecule has 0 bridgehead atoms. The minimum atomic E-state index is -1.31. The van der Waals surface area contributed by atoms with Crippen molar-refractivity contribution in [3.8, 4) is 5.75 Å². The quantitative estimate of drug-likeness (QED) is 0.382. The maximum absolute atomic E-state index is 13.1. The van der Waals surface area contributed by atoms with Gasteiger partial charge in [-0.2, -0.15) is 0 Å². The lowest BCUT2D eigenvalue weighted by Crippen LogP contribution is -2.44. The number of carbonyl (C=O) groups excluding carboxylic acids is 3. The molecule has 0 aliphatic carbocycles. The normalized spacial score (nSPS) is 18.0. The molecule has 1 aliphatic heterocycles. The number of ether oxygens (including phenoxy) is 1. The SMILES string of the molecule is CC[C@]1(c2ccc(Cl)cc2)NC(=O)N(CC(=O)Nc2cc([N+](=O)[O-])ccc2OC)C1=O. The summed E-state index contributed by atoms with van der Waals surface area (Å²) in [4.78, 5) is 49.4. The maximum Gasteiger partial charge on any atom is 0.325 e. The van der Waals surface area contributed by atoms with Crippen molar-refractivity contribution in [1.29, 1.82) is 0 Å². The fourth-order valence-corrected chi connectivity index (χ4v) is 3.51. The fraction of sp³-hybridized carbons (Fsp3) is 0.250. The van der Waals surface area contributed by atoms with Crippen molar-refractivity contribution in [2.24, 2.45) is 0 Å². The number of nitro benzene ring substituents is 1. The Kier molecular flexibility index (Phi) is 6.11. The van der Waals surface area contributed by atoms with Gasteiger partial charge in [0.05, 0.1) is 17.7 Å². The van der Waals surface area contributed by atoms with Crippen LogP contribution < -0.4 is 15.4 Å². The maximum atomic E-state index is 13.1. The predicted octanol–water partition coefficient (Wildman–Crippen LogP) is 3.05. The van der Waals surface area contributed by atoms with Crippen molar-refractivity contribution in [2.75, 3.05) is 19.0 Å². The summed E-state index contributed by atoms with van der Waals surface area (Å²) in [5.41, 5.74) is -0.974. The molecule has 1 heterocycles. The monoisotopic (exact) mass is 446 g/mol. The van der Waals surface area contributed by atoms with E-state index in [2.05, 4.69) is 10.6 Å². The summed E-state index contributed by atoms with van der Waals surface area (Å²) < 4.78 is 5.10. The van der Waals surface area contributed by atoms with E-state index in [-0.39, 0.29) is 23.5 Å². The number of urea groups is 1. The zero-order chi connectivity index (χ0) is 22.8. The molecule has 2 aromatic rings. The number of benzene rings is 2. The second kappa shape index (κ2) is 8.60. The van der Waals surface area contributed by atoms with Crippen LogP contribution in [0.15, 0.2) is 42.5 Å². The first-order valence-electron chi connectivity index (χ1n) is 9.24. The van der Waals surface area contributed by atoms with E-state index in [1.54, 1.807) is 31.2 Å². The number of carbonyl (C=O) groups is 3. The van der Waals surface area contributed by atoms with Crippen LogP contribution in [0.3, 0.4) is 0 Å². The average Bonchev–Trinajstić information content (AvgIpc) is 2.99. The highest BCUT2D eigenvalue weighted by atomic mass is 35.5. The van der Waals surface area contributed by atoms with E-state index in [4.69, 9.17) is 16.3 Å². The van der Waals surface area contributed by atoms with Crippen LogP contribution in [0.25, 0.3) is 0 Å². The van der Waals surface area contributed by atoms with E-state index in [1.165, 1.54) is 19.2 Å². The van der Waals surface area contributed by atoms with Gasteiger partial charge < -0.3 is 15.4 Å². The largest absolute Gasteiger partial charge is 0.495 e. The summed E-state index contributed by atoms with van der Waals surface area (Å²) >= 11 is 5.91. The number of nitrogens with one attached hydrogen (secondary N) is 2. The van der Waals surface area contributed by atoms with Gasteiger partial charge in [-0.25, -0.2) is 4.79 Å². The molecule has 10 nitrogen and oxygen atoms in total. The van der Waals surface area contributed by atoms with Gasteiger partial charge in [0.1, 0.15) is 17.8 Å². The van der Waals surface area contributed by atoms with Crippen molar-refractivity contribution in [2.45, 2.75) is 18.9 Å². The minimum Gasteiger partial charge on any atom is -0.495 e. The van der Waals surface area contributed by atoms with Gasteiger partial charge in [0, 0.05) is 17.2 Å². The Morgan fingerprint density at radius 1 is 1.26 bits per heavy atom. The third-order valence-corrected chi connectivity index (χ3v) is 5.26. The van der Waals surface area contributed by atoms with Crippen LogP contribution in [0.4, 0.5) is 16.2 Å². The Bertz CT molecular complexity index is 1060. The molecule has 1 saturated heterocycles. The van der Waals surface area contributed by atoms with Crippen molar-refractivity contribution >= 4 is 40.8 Å². The van der Waals surface area contributed by atoms with E-state index in [9.17, 15) is 24.5 Å². The average molecular weight is 447 g/mol. The molecule has 4 amide bonds. The highest BCUT2D eigenvalue weighted by Gasteiger charge is 2.51. The first kappa shape index (κ1) is 22.0. The van der Waals surface area contributed by atoms with Crippen LogP contribution in [0.1, 0.15) is 18.9 Å². The lowest BCUT2D eigenvalue weighted by Gasteiger charge is -2.25. The van der Waals surface area contributed by atoms with Gasteiger partial charge in [-0.3, -0.25) is 24.6 Å². The molecule has 31 heavy (non-hydrogen) atoms. The van der Waals surface area contributed by atoms with Gasteiger partial charge in [0.15, 0.2) is 0 Å². The number of methoxy groups -OCH3 is 1. The number of nitro groups is 1. The van der Waals surface area contributed by atoms with Crippen LogP contribution in [0, 0.1) is 10.1 Å². The van der Waals surface area contributed by atoms with Crippen LogP contribution in [-0.2, 0) is 15.1 Å². The summed E-state index contributed by atoms with van der Waals surface area (Å²) in [5, 5.41) is 16.6. The lowest BCUT2D eigenvalue weighted by molar-refractivity contribution is -0.384. The number of non-ortho nitro benzene ring substituents is 1. The Balaban J connectivity index is 1.81. The topological polar surface area (TPSA) is 131 Å². The number of hydrogen-bond donors (Lipinski definition) is 2. The van der Waals surface area contributed by atoms with E-state index < -0.39 is 34.9 Å². The summed E-state index contributed by atoms with van der Waals surface area (Å²) in [6.45, 7) is 1.16. The molecule has 0 unspecified atom stereocenters. The molecule has 1 aliphatic rings. The van der Waals surface area contributed by atoms with Crippen LogP contribution >= 0.6 is 11.6 Å². The highest BCUT2D eigenvalue weighted by Crippen LogP contribution is 2.33. The first-order valence-corrected chi connectivity index (χ1v) is 9.62. The van der Waals surface area contributed by atoms with Gasteiger partial charge in [-0.15, -0.1) is 0 Å². The summed E-state index contributed by atoms with van der Waals surface area (Å²) in [7, 11) is 1.34. The third-order valence-electron chi connectivity index (χ3n) is 5.01. The van der Waals surface area contributed by atoms with Crippen molar-refractivity contribution < 1.29 is 24.0 Å². The number of halogens is 1. The molecule has 3 rings (SSSR count). The third kappa shape index (κ3) is 4.15. The van der Waals surface area contributed by atoms with Crippen molar-refractivity contribution in [3.05, 3.63) is 63.2 Å². The predicted molar refractivity (Wildman–Crippen MR) is 112 cm³/mol. The molecule has 0 radical (unpaired) electrons. The molecule has 11 heteroatoms. The number of hydrogen-bond acceptors (Lipinski definition) is 6. The number of nitrogens with zero attached hydrogens (tertiary/aromatic N) is 2. The second-order valence-corrected chi connectivity index (χ2v) is 7.21. The fourth-order valence-electron chi connectivity index (χ4n) is 3.38. The molecule has 0 aromatic heterocycles. The van der Waals surface area contributed by atoms with Gasteiger partial charge in [-0.05, 0) is 30.2 Å². The van der Waals surface area contributed by atoms with Crippen LogP contribution in [0.5, 0.6) is 5.75 Å². The molecule has 1 atom stereocenters.